The Bertz CT molecular complexity index is 1370. The number of nitrogens with zero attached hydrogens (tertiary/aromatic N) is 3. The zero-order chi connectivity index (χ0) is 24.1. The van der Waals surface area contributed by atoms with Crippen LogP contribution < -0.4 is 5.56 Å². The maximum absolute atomic E-state index is 13.1. The van der Waals surface area contributed by atoms with Crippen LogP contribution in [0.2, 0.25) is 0 Å². The molecule has 0 bridgehead atoms. The molecule has 34 heavy (non-hydrogen) atoms. The van der Waals surface area contributed by atoms with Gasteiger partial charge >= 0.3 is 5.97 Å². The van der Waals surface area contributed by atoms with Crippen molar-refractivity contribution in [3.05, 3.63) is 112 Å². The van der Waals surface area contributed by atoms with Crippen molar-refractivity contribution in [3.8, 4) is 0 Å². The van der Waals surface area contributed by atoms with Crippen LogP contribution in [0.3, 0.4) is 0 Å². The topological polar surface area (TPSA) is 81.5 Å². The first kappa shape index (κ1) is 22.9. The second-order valence-electron chi connectivity index (χ2n) is 8.07. The molecule has 0 aliphatic heterocycles. The van der Waals surface area contributed by atoms with E-state index in [1.807, 2.05) is 60.7 Å². The van der Waals surface area contributed by atoms with Crippen molar-refractivity contribution >= 4 is 22.6 Å². The number of likely N-dealkylation sites (N-methyl/N-ethyl adjacent to an activating group) is 1. The molecule has 0 aliphatic carbocycles. The molecule has 0 saturated heterocycles. The lowest BCUT2D eigenvalue weighted by atomic mass is 10.1. The van der Waals surface area contributed by atoms with Crippen LogP contribution in [0, 0.1) is 0 Å². The number of carbonyl (C=O) groups is 2. The van der Waals surface area contributed by atoms with E-state index >= 15 is 0 Å². The molecule has 0 radical (unpaired) electrons. The van der Waals surface area contributed by atoms with Crippen molar-refractivity contribution in [2.45, 2.75) is 26.1 Å². The number of hydrogen-bond acceptors (Lipinski definition) is 5. The van der Waals surface area contributed by atoms with Gasteiger partial charge in [0.05, 0.1) is 11.9 Å². The Morgan fingerprint density at radius 3 is 2.09 bits per heavy atom. The number of aromatic nitrogens is 2. The highest BCUT2D eigenvalue weighted by atomic mass is 16.5. The first-order valence-electron chi connectivity index (χ1n) is 11.0. The number of carbonyl (C=O) groups excluding carboxylic acids is 2. The Balaban J connectivity index is 1.58. The van der Waals surface area contributed by atoms with Gasteiger partial charge in [-0.3, -0.25) is 9.59 Å². The molecule has 1 amide bonds. The van der Waals surface area contributed by atoms with E-state index < -0.39 is 12.1 Å². The van der Waals surface area contributed by atoms with Gasteiger partial charge < -0.3 is 9.64 Å². The van der Waals surface area contributed by atoms with E-state index in [1.165, 1.54) is 16.5 Å². The molecule has 0 aliphatic rings. The molecule has 172 valence electrons. The minimum Gasteiger partial charge on any atom is -0.448 e. The average Bonchev–Trinajstić information content (AvgIpc) is 2.86. The lowest BCUT2D eigenvalue weighted by Gasteiger charge is -2.21. The number of rotatable bonds is 7. The van der Waals surface area contributed by atoms with Gasteiger partial charge in [-0.15, -0.1) is 0 Å². The third-order valence-electron chi connectivity index (χ3n) is 5.51. The highest BCUT2D eigenvalue weighted by Gasteiger charge is 2.25. The predicted molar refractivity (Wildman–Crippen MR) is 129 cm³/mol. The summed E-state index contributed by atoms with van der Waals surface area (Å²) in [7, 11) is 1.66. The van der Waals surface area contributed by atoms with Gasteiger partial charge in [-0.05, 0) is 24.1 Å². The molecule has 7 heteroatoms. The van der Waals surface area contributed by atoms with Gasteiger partial charge in [0, 0.05) is 19.0 Å². The molecule has 4 rings (SSSR count). The van der Waals surface area contributed by atoms with Crippen LogP contribution in [0.4, 0.5) is 0 Å². The number of benzene rings is 3. The second kappa shape index (κ2) is 10.1. The fraction of sp³-hybridized carbons (Fsp3) is 0.185. The molecule has 0 spiro atoms. The van der Waals surface area contributed by atoms with E-state index in [4.69, 9.17) is 4.74 Å². The van der Waals surface area contributed by atoms with Gasteiger partial charge in [0.15, 0.2) is 11.8 Å². The summed E-state index contributed by atoms with van der Waals surface area (Å²) >= 11 is 0. The van der Waals surface area contributed by atoms with Crippen LogP contribution in [-0.2, 0) is 22.6 Å². The Labute approximate surface area is 197 Å². The minimum atomic E-state index is -1.02. The summed E-state index contributed by atoms with van der Waals surface area (Å²) in [6, 6.07) is 25.7. The molecule has 1 unspecified atom stereocenters. The van der Waals surface area contributed by atoms with Crippen molar-refractivity contribution in [2.75, 3.05) is 7.05 Å². The fourth-order valence-corrected chi connectivity index (χ4v) is 3.76. The molecular formula is C27H25N3O4. The van der Waals surface area contributed by atoms with Crippen LogP contribution in [0.25, 0.3) is 10.8 Å². The Morgan fingerprint density at radius 1 is 0.882 bits per heavy atom. The molecule has 1 aromatic heterocycles. The third kappa shape index (κ3) is 5.04. The number of ether oxygens (including phenoxy) is 1. The Hall–Kier alpha value is -4.26. The standard InChI is InChI=1S/C27H25N3O4/c1-19(25(31)29(2)17-20-11-5-3-6-12-20)34-27(33)24-22-15-9-10-16-23(22)26(32)30(28-24)18-21-13-7-4-8-14-21/h3-16,19H,17-18H2,1-2H3. The van der Waals surface area contributed by atoms with Crippen molar-refractivity contribution in [3.63, 3.8) is 0 Å². The van der Waals surface area contributed by atoms with Gasteiger partial charge in [0.25, 0.3) is 11.5 Å². The highest BCUT2D eigenvalue weighted by molar-refractivity contribution is 6.02. The molecule has 4 aromatic rings. The van der Waals surface area contributed by atoms with Gasteiger partial charge in [-0.1, -0.05) is 78.9 Å². The molecular weight excluding hydrogens is 430 g/mol. The average molecular weight is 456 g/mol. The lowest BCUT2D eigenvalue weighted by Crippen LogP contribution is -2.37. The monoisotopic (exact) mass is 455 g/mol. The van der Waals surface area contributed by atoms with Crippen LogP contribution in [-0.4, -0.2) is 39.7 Å². The van der Waals surface area contributed by atoms with Gasteiger partial charge in [0.2, 0.25) is 0 Å². The molecule has 0 fully saturated rings. The first-order chi connectivity index (χ1) is 16.4. The van der Waals surface area contributed by atoms with Crippen LogP contribution in [0.1, 0.15) is 28.5 Å². The van der Waals surface area contributed by atoms with Gasteiger partial charge in [0.1, 0.15) is 0 Å². The zero-order valence-corrected chi connectivity index (χ0v) is 19.0. The Kier molecular flexibility index (Phi) is 6.82. The summed E-state index contributed by atoms with van der Waals surface area (Å²) in [5, 5.41) is 5.08. The lowest BCUT2D eigenvalue weighted by molar-refractivity contribution is -0.139. The second-order valence-corrected chi connectivity index (χ2v) is 8.07. The summed E-state index contributed by atoms with van der Waals surface area (Å²) in [4.78, 5) is 40.4. The van der Waals surface area contributed by atoms with Gasteiger partial charge in [-0.25, -0.2) is 9.48 Å². The molecule has 1 atom stereocenters. The van der Waals surface area contributed by atoms with E-state index in [0.29, 0.717) is 17.3 Å². The third-order valence-corrected chi connectivity index (χ3v) is 5.51. The van der Waals surface area contributed by atoms with Crippen molar-refractivity contribution in [1.29, 1.82) is 0 Å². The number of fused-ring (bicyclic) bond motifs is 1. The summed E-state index contributed by atoms with van der Waals surface area (Å²) in [5.74, 6) is -1.09. The van der Waals surface area contributed by atoms with Crippen LogP contribution in [0.15, 0.2) is 89.7 Å². The number of hydrogen-bond donors (Lipinski definition) is 0. The van der Waals surface area contributed by atoms with Crippen molar-refractivity contribution in [1.82, 2.24) is 14.7 Å². The largest absolute Gasteiger partial charge is 0.448 e. The zero-order valence-electron chi connectivity index (χ0n) is 19.0. The summed E-state index contributed by atoms with van der Waals surface area (Å²) in [6.45, 7) is 2.13. The fourth-order valence-electron chi connectivity index (χ4n) is 3.76. The Morgan fingerprint density at radius 2 is 1.44 bits per heavy atom. The highest BCUT2D eigenvalue weighted by Crippen LogP contribution is 2.16. The normalized spacial score (nSPS) is 11.7. The smallest absolute Gasteiger partial charge is 0.360 e. The SMILES string of the molecule is CC(OC(=O)c1nn(Cc2ccccc2)c(=O)c2ccccc12)C(=O)N(C)Cc1ccccc1. The molecule has 7 nitrogen and oxygen atoms in total. The maximum Gasteiger partial charge on any atom is 0.360 e. The molecule has 0 N–H and O–H groups in total. The van der Waals surface area contributed by atoms with Gasteiger partial charge in [-0.2, -0.15) is 5.10 Å². The van der Waals surface area contributed by atoms with E-state index in [9.17, 15) is 14.4 Å². The molecule has 0 saturated carbocycles. The summed E-state index contributed by atoms with van der Waals surface area (Å²) < 4.78 is 6.75. The van der Waals surface area contributed by atoms with Crippen LogP contribution in [0.5, 0.6) is 0 Å². The summed E-state index contributed by atoms with van der Waals surface area (Å²) in [6.07, 6.45) is -1.02. The maximum atomic E-state index is 13.1. The van der Waals surface area contributed by atoms with Crippen LogP contribution >= 0.6 is 0 Å². The van der Waals surface area contributed by atoms with E-state index in [2.05, 4.69) is 5.10 Å². The predicted octanol–water partition coefficient (Wildman–Crippen LogP) is 3.65. The minimum absolute atomic E-state index is 0.00325. The quantitative estimate of drug-likeness (QED) is 0.398. The molecule has 3 aromatic carbocycles. The number of amides is 1. The van der Waals surface area contributed by atoms with E-state index in [0.717, 1.165) is 11.1 Å². The van der Waals surface area contributed by atoms with Crippen molar-refractivity contribution in [2.24, 2.45) is 0 Å². The van der Waals surface area contributed by atoms with E-state index in [-0.39, 0.29) is 23.7 Å². The van der Waals surface area contributed by atoms with E-state index in [1.54, 1.807) is 31.3 Å². The van der Waals surface area contributed by atoms with Crippen molar-refractivity contribution < 1.29 is 14.3 Å². The first-order valence-corrected chi connectivity index (χ1v) is 11.0. The molecule has 1 heterocycles. The summed E-state index contributed by atoms with van der Waals surface area (Å²) in [5.41, 5.74) is 1.54. The number of esters is 1.